The molecule has 0 amide bonds. The molecule has 0 radical (unpaired) electrons. The number of aliphatic hydroxyl groups is 1. The number of ether oxygens (including phenoxy) is 2. The number of nitrogens with zero attached hydrogens (tertiary/aromatic N) is 5. The van der Waals surface area contributed by atoms with Crippen molar-refractivity contribution in [3.63, 3.8) is 0 Å². The molecule has 9 nitrogen and oxygen atoms in total. The van der Waals surface area contributed by atoms with Gasteiger partial charge in [0, 0.05) is 18.0 Å². The first-order valence-corrected chi connectivity index (χ1v) is 14.5. The minimum absolute atomic E-state index is 0.00177. The van der Waals surface area contributed by atoms with E-state index in [4.69, 9.17) is 9.47 Å². The Morgan fingerprint density at radius 2 is 1.88 bits per heavy atom. The molecule has 41 heavy (non-hydrogen) atoms. The Morgan fingerprint density at radius 3 is 2.59 bits per heavy atom. The number of aliphatic hydroxyl groups excluding tert-OH is 1. The van der Waals surface area contributed by atoms with Gasteiger partial charge < -0.3 is 14.6 Å². The summed E-state index contributed by atoms with van der Waals surface area (Å²) in [6.45, 7) is 2.85. The van der Waals surface area contributed by atoms with Crippen molar-refractivity contribution in [1.29, 1.82) is 5.26 Å². The quantitative estimate of drug-likeness (QED) is 0.347. The first-order chi connectivity index (χ1) is 20.1. The second kappa shape index (κ2) is 12.0. The van der Waals surface area contributed by atoms with Crippen LogP contribution in [0.4, 0.5) is 0 Å². The van der Waals surface area contributed by atoms with Crippen molar-refractivity contribution in [3.05, 3.63) is 87.6 Å². The molecule has 0 unspecified atom stereocenters. The lowest BCUT2D eigenvalue weighted by molar-refractivity contribution is -0.0712. The van der Waals surface area contributed by atoms with Gasteiger partial charge >= 0.3 is 0 Å². The molecule has 4 aromatic rings. The molecule has 0 spiro atoms. The van der Waals surface area contributed by atoms with Gasteiger partial charge in [0.05, 0.1) is 36.6 Å². The molecule has 1 aliphatic carbocycles. The molecule has 9 heteroatoms. The summed E-state index contributed by atoms with van der Waals surface area (Å²) in [7, 11) is 0. The highest BCUT2D eigenvalue weighted by Crippen LogP contribution is 2.32. The fourth-order valence-electron chi connectivity index (χ4n) is 6.26. The summed E-state index contributed by atoms with van der Waals surface area (Å²) in [6, 6.07) is 18.0. The van der Waals surface area contributed by atoms with E-state index < -0.39 is 6.10 Å². The Kier molecular flexibility index (Phi) is 7.97. The number of benzene rings is 2. The third-order valence-electron chi connectivity index (χ3n) is 8.38. The normalized spacial score (nSPS) is 22.7. The number of aryl methyl sites for hydroxylation is 1. The summed E-state index contributed by atoms with van der Waals surface area (Å²) in [5.74, 6) is 0.592. The van der Waals surface area contributed by atoms with E-state index in [1.54, 1.807) is 0 Å². The molecule has 2 fully saturated rings. The Hall–Kier alpha value is -3.84. The van der Waals surface area contributed by atoms with E-state index in [-0.39, 0.29) is 23.8 Å². The standard InChI is InChI=1S/C32H35N5O4/c1-2-5-28-27(16-21-8-10-22(11-9-21)26-7-4-3-6-23(26)17-33)31(39)36(32-34-20-35-37(28)32)24-12-14-25(15-13-24)41-30-19-40-18-29(30)38/h3-4,6-11,20,24-25,29-30,38H,2,5,12-16,18-19H2,1H3/t24?,25?,29-,30+/m0/s1. The summed E-state index contributed by atoms with van der Waals surface area (Å²) >= 11 is 0. The number of rotatable bonds is 8. The summed E-state index contributed by atoms with van der Waals surface area (Å²) in [5, 5.41) is 24.1. The van der Waals surface area contributed by atoms with Crippen LogP contribution >= 0.6 is 0 Å². The molecule has 2 aliphatic rings. The van der Waals surface area contributed by atoms with Crippen LogP contribution in [0.2, 0.25) is 0 Å². The molecule has 1 saturated carbocycles. The van der Waals surface area contributed by atoms with Gasteiger partial charge in [-0.25, -0.2) is 4.52 Å². The Labute approximate surface area is 239 Å². The lowest BCUT2D eigenvalue weighted by Crippen LogP contribution is -2.37. The Bertz CT molecular complexity index is 1610. The van der Waals surface area contributed by atoms with Crippen molar-refractivity contribution >= 4 is 5.78 Å². The maximum atomic E-state index is 14.2. The minimum Gasteiger partial charge on any atom is -0.388 e. The predicted molar refractivity (Wildman–Crippen MR) is 154 cm³/mol. The predicted octanol–water partition coefficient (Wildman–Crippen LogP) is 4.23. The van der Waals surface area contributed by atoms with E-state index in [1.807, 2.05) is 57.6 Å². The highest BCUT2D eigenvalue weighted by atomic mass is 16.6. The zero-order valence-corrected chi connectivity index (χ0v) is 23.3. The molecule has 2 aromatic carbocycles. The van der Waals surface area contributed by atoms with Gasteiger partial charge in [-0.3, -0.25) is 9.36 Å². The van der Waals surface area contributed by atoms with E-state index in [2.05, 4.69) is 23.1 Å². The minimum atomic E-state index is -0.574. The van der Waals surface area contributed by atoms with Crippen molar-refractivity contribution in [3.8, 4) is 17.2 Å². The largest absolute Gasteiger partial charge is 0.388 e. The van der Waals surface area contributed by atoms with E-state index in [1.165, 1.54) is 6.33 Å². The average molecular weight is 554 g/mol. The van der Waals surface area contributed by atoms with Crippen molar-refractivity contribution in [1.82, 2.24) is 19.2 Å². The van der Waals surface area contributed by atoms with Crippen molar-refractivity contribution in [2.75, 3.05) is 13.2 Å². The van der Waals surface area contributed by atoms with Crippen LogP contribution < -0.4 is 5.56 Å². The third-order valence-corrected chi connectivity index (χ3v) is 8.38. The van der Waals surface area contributed by atoms with Gasteiger partial charge in [-0.05, 0) is 54.9 Å². The molecular weight excluding hydrogens is 518 g/mol. The number of nitriles is 1. The molecule has 0 bridgehead atoms. The van der Waals surface area contributed by atoms with Gasteiger partial charge in [0.1, 0.15) is 18.5 Å². The Balaban J connectivity index is 1.29. The van der Waals surface area contributed by atoms with Crippen LogP contribution in [0.1, 0.15) is 67.5 Å². The van der Waals surface area contributed by atoms with Crippen molar-refractivity contribution in [2.45, 2.75) is 76.2 Å². The highest BCUT2D eigenvalue weighted by Gasteiger charge is 2.33. The molecular formula is C32H35N5O4. The summed E-state index contributed by atoms with van der Waals surface area (Å²) in [5.41, 5.74) is 5.19. The first-order valence-electron chi connectivity index (χ1n) is 14.5. The number of fused-ring (bicyclic) bond motifs is 1. The van der Waals surface area contributed by atoms with Crippen LogP contribution in [0.15, 0.2) is 59.7 Å². The lowest BCUT2D eigenvalue weighted by Gasteiger charge is -2.32. The molecule has 1 aliphatic heterocycles. The van der Waals surface area contributed by atoms with Crippen LogP contribution in [0.5, 0.6) is 0 Å². The summed E-state index contributed by atoms with van der Waals surface area (Å²) in [6.07, 6.45) is 6.01. The van der Waals surface area contributed by atoms with Crippen LogP contribution in [0, 0.1) is 11.3 Å². The number of hydrogen-bond donors (Lipinski definition) is 1. The fourth-order valence-corrected chi connectivity index (χ4v) is 6.26. The molecule has 6 rings (SSSR count). The van der Waals surface area contributed by atoms with Crippen molar-refractivity contribution in [2.24, 2.45) is 0 Å². The monoisotopic (exact) mass is 553 g/mol. The van der Waals surface area contributed by atoms with Crippen molar-refractivity contribution < 1.29 is 14.6 Å². The molecule has 1 saturated heterocycles. The van der Waals surface area contributed by atoms with Crippen LogP contribution in [0.25, 0.3) is 16.9 Å². The first kappa shape index (κ1) is 27.3. The fraction of sp³-hybridized carbons (Fsp3) is 0.438. The van der Waals surface area contributed by atoms with Gasteiger partial charge in [0.2, 0.25) is 5.78 Å². The van der Waals surface area contributed by atoms with Gasteiger partial charge in [0.25, 0.3) is 5.56 Å². The molecule has 2 atom stereocenters. The maximum absolute atomic E-state index is 14.2. The SMILES string of the molecule is CCCc1c(Cc2ccc(-c3ccccc3C#N)cc2)c(=O)n(C2CCC(O[C@@H]3COC[C@@H]3O)CC2)c2ncnn12. The zero-order valence-electron chi connectivity index (χ0n) is 23.3. The van der Waals surface area contributed by atoms with E-state index in [0.29, 0.717) is 31.0 Å². The lowest BCUT2D eigenvalue weighted by atomic mass is 9.92. The zero-order chi connectivity index (χ0) is 28.3. The van der Waals surface area contributed by atoms with Crippen LogP contribution in [-0.2, 0) is 22.3 Å². The maximum Gasteiger partial charge on any atom is 0.259 e. The van der Waals surface area contributed by atoms with E-state index in [0.717, 1.165) is 66.5 Å². The third kappa shape index (κ3) is 5.43. The van der Waals surface area contributed by atoms with E-state index >= 15 is 0 Å². The second-order valence-electron chi connectivity index (χ2n) is 11.1. The molecule has 3 heterocycles. The van der Waals surface area contributed by atoms with E-state index in [9.17, 15) is 15.2 Å². The van der Waals surface area contributed by atoms with Crippen LogP contribution in [-0.4, -0.2) is 55.8 Å². The molecule has 1 N–H and O–H groups in total. The number of aromatic nitrogens is 4. The second-order valence-corrected chi connectivity index (χ2v) is 11.1. The average Bonchev–Trinajstić information content (AvgIpc) is 3.65. The number of hydrogen-bond acceptors (Lipinski definition) is 7. The topological polar surface area (TPSA) is 115 Å². The Morgan fingerprint density at radius 1 is 1.10 bits per heavy atom. The smallest absolute Gasteiger partial charge is 0.259 e. The molecule has 2 aromatic heterocycles. The van der Waals surface area contributed by atoms with Gasteiger partial charge in [0.15, 0.2) is 0 Å². The highest BCUT2D eigenvalue weighted by molar-refractivity contribution is 5.70. The van der Waals surface area contributed by atoms with Gasteiger partial charge in [-0.2, -0.15) is 15.3 Å². The van der Waals surface area contributed by atoms with Gasteiger partial charge in [-0.1, -0.05) is 55.8 Å². The van der Waals surface area contributed by atoms with Gasteiger partial charge in [-0.15, -0.1) is 0 Å². The summed E-state index contributed by atoms with van der Waals surface area (Å²) < 4.78 is 15.2. The summed E-state index contributed by atoms with van der Waals surface area (Å²) in [4.78, 5) is 18.7. The molecule has 212 valence electrons. The van der Waals surface area contributed by atoms with Crippen LogP contribution in [0.3, 0.4) is 0 Å².